The van der Waals surface area contributed by atoms with Crippen LogP contribution in [0, 0.1) is 13.8 Å². The van der Waals surface area contributed by atoms with Crippen molar-refractivity contribution in [2.45, 2.75) is 18.7 Å². The van der Waals surface area contributed by atoms with Crippen molar-refractivity contribution in [1.29, 1.82) is 0 Å². The van der Waals surface area contributed by atoms with Crippen molar-refractivity contribution in [3.05, 3.63) is 42.0 Å². The second-order valence-electron chi connectivity index (χ2n) is 4.05. The Morgan fingerprint density at radius 1 is 1.39 bits per heavy atom. The minimum absolute atomic E-state index is 0.0307. The van der Waals surface area contributed by atoms with Crippen LogP contribution in [0.2, 0.25) is 0 Å². The van der Waals surface area contributed by atoms with Gasteiger partial charge >= 0.3 is 10.7 Å². The van der Waals surface area contributed by atoms with Crippen molar-refractivity contribution in [2.75, 3.05) is 11.4 Å². The van der Waals surface area contributed by atoms with Gasteiger partial charge in [0.25, 0.3) is 0 Å². The van der Waals surface area contributed by atoms with Crippen LogP contribution in [0.3, 0.4) is 0 Å². The molecule has 0 radical (unpaired) electrons. The third-order valence-corrected chi connectivity index (χ3v) is 2.66. The van der Waals surface area contributed by atoms with Crippen LogP contribution in [0.15, 0.2) is 30.9 Å². The maximum Gasteiger partial charge on any atom is 0.378 e. The van der Waals surface area contributed by atoms with E-state index in [0.29, 0.717) is 5.69 Å². The molecule has 0 aromatic heterocycles. The number of aryl methyl sites for hydroxylation is 2. The minimum atomic E-state index is -3.58. The number of benzene rings is 1. The molecule has 0 unspecified atom stereocenters. The number of halogens is 3. The molecule has 1 aromatic rings. The van der Waals surface area contributed by atoms with Crippen LogP contribution in [-0.2, 0) is 4.79 Å². The standard InChI is InChI=1S/C13H14BrF2NO/c1-4-5-17(12(18)13(14,15)16)11-7-9(2)6-10(3)8-11/h4,6-8H,1,5H2,2-3H3. The van der Waals surface area contributed by atoms with E-state index in [2.05, 4.69) is 22.5 Å². The zero-order chi connectivity index (χ0) is 13.9. The lowest BCUT2D eigenvalue weighted by Gasteiger charge is -2.24. The van der Waals surface area contributed by atoms with E-state index in [4.69, 9.17) is 0 Å². The molecule has 1 rings (SSSR count). The number of anilines is 1. The first-order valence-corrected chi connectivity index (χ1v) is 6.13. The van der Waals surface area contributed by atoms with Crippen LogP contribution in [0.25, 0.3) is 0 Å². The quantitative estimate of drug-likeness (QED) is 0.611. The fraction of sp³-hybridized carbons (Fsp3) is 0.308. The Bertz CT molecular complexity index is 448. The van der Waals surface area contributed by atoms with E-state index in [0.717, 1.165) is 16.0 Å². The van der Waals surface area contributed by atoms with E-state index in [1.165, 1.54) is 6.08 Å². The Kier molecular flexibility index (Phi) is 4.62. The van der Waals surface area contributed by atoms with Crippen LogP contribution in [0.4, 0.5) is 14.5 Å². The fourth-order valence-corrected chi connectivity index (χ4v) is 1.91. The van der Waals surface area contributed by atoms with Gasteiger partial charge in [0, 0.05) is 28.2 Å². The molecule has 18 heavy (non-hydrogen) atoms. The third kappa shape index (κ3) is 3.63. The summed E-state index contributed by atoms with van der Waals surface area (Å²) in [5, 5.41) is 0. The summed E-state index contributed by atoms with van der Waals surface area (Å²) in [6.07, 6.45) is 1.41. The smallest absolute Gasteiger partial charge is 0.303 e. The van der Waals surface area contributed by atoms with Gasteiger partial charge in [0.05, 0.1) is 0 Å². The average Bonchev–Trinajstić information content (AvgIpc) is 2.22. The second kappa shape index (κ2) is 5.61. The van der Waals surface area contributed by atoms with E-state index in [1.54, 1.807) is 12.1 Å². The van der Waals surface area contributed by atoms with E-state index in [1.807, 2.05) is 19.9 Å². The molecule has 0 N–H and O–H groups in total. The third-order valence-electron chi connectivity index (χ3n) is 2.32. The topological polar surface area (TPSA) is 20.3 Å². The van der Waals surface area contributed by atoms with Crippen molar-refractivity contribution in [2.24, 2.45) is 0 Å². The lowest BCUT2D eigenvalue weighted by atomic mass is 10.1. The van der Waals surface area contributed by atoms with E-state index >= 15 is 0 Å². The monoisotopic (exact) mass is 317 g/mol. The number of rotatable bonds is 4. The van der Waals surface area contributed by atoms with Gasteiger partial charge in [-0.3, -0.25) is 4.79 Å². The molecule has 1 amide bonds. The zero-order valence-electron chi connectivity index (χ0n) is 10.2. The summed E-state index contributed by atoms with van der Waals surface area (Å²) in [6, 6.07) is 5.28. The normalized spacial score (nSPS) is 11.2. The number of carbonyl (C=O) groups excluding carboxylic acids is 1. The Morgan fingerprint density at radius 2 is 1.89 bits per heavy atom. The molecule has 0 aliphatic heterocycles. The maximum absolute atomic E-state index is 13.1. The molecule has 0 atom stereocenters. The Hall–Kier alpha value is -1.23. The fourth-order valence-electron chi connectivity index (χ4n) is 1.69. The van der Waals surface area contributed by atoms with Crippen molar-refractivity contribution in [1.82, 2.24) is 0 Å². The van der Waals surface area contributed by atoms with Gasteiger partial charge in [-0.15, -0.1) is 6.58 Å². The van der Waals surface area contributed by atoms with Gasteiger partial charge in [-0.2, -0.15) is 8.78 Å². The Morgan fingerprint density at radius 3 is 2.28 bits per heavy atom. The largest absolute Gasteiger partial charge is 0.378 e. The molecule has 0 aliphatic rings. The highest BCUT2D eigenvalue weighted by molar-refractivity contribution is 9.10. The minimum Gasteiger partial charge on any atom is -0.303 e. The number of hydrogen-bond donors (Lipinski definition) is 0. The predicted octanol–water partition coefficient (Wildman–Crippen LogP) is 3.81. The lowest BCUT2D eigenvalue weighted by molar-refractivity contribution is -0.131. The molecule has 0 bridgehead atoms. The summed E-state index contributed by atoms with van der Waals surface area (Å²) in [5.74, 6) is -1.30. The van der Waals surface area contributed by atoms with E-state index < -0.39 is 10.7 Å². The van der Waals surface area contributed by atoms with E-state index in [-0.39, 0.29) is 6.54 Å². The summed E-state index contributed by atoms with van der Waals surface area (Å²) in [5.41, 5.74) is 2.26. The molecular formula is C13H14BrF2NO. The summed E-state index contributed by atoms with van der Waals surface area (Å²) < 4.78 is 26.1. The van der Waals surface area contributed by atoms with Crippen molar-refractivity contribution >= 4 is 27.5 Å². The molecule has 0 saturated carbocycles. The number of hydrogen-bond acceptors (Lipinski definition) is 1. The van der Waals surface area contributed by atoms with Crippen LogP contribution in [0.1, 0.15) is 11.1 Å². The number of amides is 1. The maximum atomic E-state index is 13.1. The highest BCUT2D eigenvalue weighted by atomic mass is 79.9. The van der Waals surface area contributed by atoms with Gasteiger partial charge < -0.3 is 4.90 Å². The van der Waals surface area contributed by atoms with Crippen LogP contribution in [-0.4, -0.2) is 17.3 Å². The molecule has 1 aromatic carbocycles. The van der Waals surface area contributed by atoms with Gasteiger partial charge in [-0.1, -0.05) is 12.1 Å². The summed E-state index contributed by atoms with van der Waals surface area (Å²) in [6.45, 7) is 7.21. The molecule has 0 heterocycles. The Balaban J connectivity index is 3.19. The van der Waals surface area contributed by atoms with Gasteiger partial charge in [0.2, 0.25) is 0 Å². The molecule has 5 heteroatoms. The van der Waals surface area contributed by atoms with Crippen LogP contribution < -0.4 is 4.90 Å². The first-order valence-electron chi connectivity index (χ1n) is 5.33. The average molecular weight is 318 g/mol. The predicted molar refractivity (Wildman–Crippen MR) is 72.3 cm³/mol. The lowest BCUT2D eigenvalue weighted by Crippen LogP contribution is -2.40. The van der Waals surface area contributed by atoms with Gasteiger partial charge in [0.1, 0.15) is 0 Å². The highest BCUT2D eigenvalue weighted by Crippen LogP contribution is 2.28. The Labute approximate surface area is 113 Å². The molecule has 0 spiro atoms. The van der Waals surface area contributed by atoms with Crippen molar-refractivity contribution in [3.63, 3.8) is 0 Å². The summed E-state index contributed by atoms with van der Waals surface area (Å²) >= 11 is 2.09. The number of alkyl halides is 3. The number of nitrogens with zero attached hydrogens (tertiary/aromatic N) is 1. The zero-order valence-corrected chi connectivity index (χ0v) is 11.8. The van der Waals surface area contributed by atoms with Crippen LogP contribution >= 0.6 is 15.9 Å². The molecule has 0 fully saturated rings. The molecular weight excluding hydrogens is 304 g/mol. The summed E-state index contributed by atoms with van der Waals surface area (Å²) in [7, 11) is 0. The summed E-state index contributed by atoms with van der Waals surface area (Å²) in [4.78, 5) is 9.09. The first-order chi connectivity index (χ1) is 8.25. The molecule has 2 nitrogen and oxygen atoms in total. The highest BCUT2D eigenvalue weighted by Gasteiger charge is 2.39. The molecule has 98 valence electrons. The first kappa shape index (κ1) is 14.8. The van der Waals surface area contributed by atoms with Crippen molar-refractivity contribution < 1.29 is 13.6 Å². The van der Waals surface area contributed by atoms with Gasteiger partial charge in [-0.05, 0) is 37.1 Å². The van der Waals surface area contributed by atoms with E-state index in [9.17, 15) is 13.6 Å². The SMILES string of the molecule is C=CCN(C(=O)C(F)(F)Br)c1cc(C)cc(C)c1. The van der Waals surface area contributed by atoms with Gasteiger partial charge in [-0.25, -0.2) is 0 Å². The molecule has 0 saturated heterocycles. The van der Waals surface area contributed by atoms with Gasteiger partial charge in [0.15, 0.2) is 0 Å². The van der Waals surface area contributed by atoms with Crippen molar-refractivity contribution in [3.8, 4) is 0 Å². The second-order valence-corrected chi connectivity index (χ2v) is 5.04. The van der Waals surface area contributed by atoms with Crippen LogP contribution in [0.5, 0.6) is 0 Å². The molecule has 0 aliphatic carbocycles. The number of carbonyl (C=O) groups is 1.